The highest BCUT2D eigenvalue weighted by atomic mass is 31.1. The molecule has 0 aromatic rings. The van der Waals surface area contributed by atoms with E-state index in [1.165, 1.54) is 37.4 Å². The fourth-order valence-electron chi connectivity index (χ4n) is 4.71. The number of fused-ring (bicyclic) bond motifs is 1. The quantitative estimate of drug-likeness (QED) is 0.393. The lowest BCUT2D eigenvalue weighted by atomic mass is 9.55. The van der Waals surface area contributed by atoms with Crippen molar-refractivity contribution in [3.63, 3.8) is 0 Å². The maximum Gasteiger partial charge on any atom is -0.00695 e. The monoisotopic (exact) mass is 316 g/mol. The van der Waals surface area contributed by atoms with Crippen molar-refractivity contribution >= 4 is 7.92 Å². The summed E-state index contributed by atoms with van der Waals surface area (Å²) in [5.41, 5.74) is 4.91. The van der Waals surface area contributed by atoms with Crippen LogP contribution in [-0.2, 0) is 0 Å². The molecule has 1 heterocycles. The standard InChI is InChI=1S/C21H33P/c1-15(2)13-16-9-7-8-10-18(16)22-14-20(3,4)21(5,6)17-11-12-19(17)22/h9-10,17,19H,1,7-8,11-14H2,2-6H3/t17-,19?,22?/m0/s1. The lowest BCUT2D eigenvalue weighted by molar-refractivity contribution is 0.00423. The van der Waals surface area contributed by atoms with Crippen LogP contribution in [0.15, 0.2) is 35.2 Å². The average molecular weight is 316 g/mol. The molecule has 22 heavy (non-hydrogen) atoms. The summed E-state index contributed by atoms with van der Waals surface area (Å²) < 4.78 is 0. The van der Waals surface area contributed by atoms with E-state index in [-0.39, 0.29) is 7.92 Å². The summed E-state index contributed by atoms with van der Waals surface area (Å²) in [7, 11) is 0.0317. The largest absolute Gasteiger partial charge is 0.0998 e. The Morgan fingerprint density at radius 3 is 2.45 bits per heavy atom. The molecule has 2 aliphatic carbocycles. The Hall–Kier alpha value is -0.350. The molecule has 3 aliphatic rings. The van der Waals surface area contributed by atoms with Gasteiger partial charge in [0, 0.05) is 0 Å². The molecule has 0 radical (unpaired) electrons. The summed E-state index contributed by atoms with van der Waals surface area (Å²) in [6, 6.07) is 0. The van der Waals surface area contributed by atoms with Crippen molar-refractivity contribution in [2.45, 2.75) is 72.4 Å². The molecule has 1 heteroatoms. The third-order valence-corrected chi connectivity index (χ3v) is 10.5. The molecule has 3 rings (SSSR count). The summed E-state index contributed by atoms with van der Waals surface area (Å²) in [6.45, 7) is 16.5. The molecule has 0 spiro atoms. The van der Waals surface area contributed by atoms with Gasteiger partial charge in [0.2, 0.25) is 0 Å². The molecule has 0 amide bonds. The van der Waals surface area contributed by atoms with E-state index in [0.29, 0.717) is 10.8 Å². The van der Waals surface area contributed by atoms with Gasteiger partial charge in [-0.05, 0) is 78.5 Å². The molecule has 1 aliphatic heterocycles. The lowest BCUT2D eigenvalue weighted by Crippen LogP contribution is -2.54. The van der Waals surface area contributed by atoms with Gasteiger partial charge < -0.3 is 0 Å². The van der Waals surface area contributed by atoms with Crippen molar-refractivity contribution in [2.24, 2.45) is 16.7 Å². The molecule has 0 aromatic carbocycles. The Labute approximate surface area is 138 Å². The fourth-order valence-corrected chi connectivity index (χ4v) is 9.05. The topological polar surface area (TPSA) is 0 Å². The zero-order valence-electron chi connectivity index (χ0n) is 15.2. The van der Waals surface area contributed by atoms with Crippen LogP contribution in [0.4, 0.5) is 0 Å². The molecule has 0 bridgehead atoms. The molecule has 1 saturated heterocycles. The predicted octanol–water partition coefficient (Wildman–Crippen LogP) is 6.88. The summed E-state index contributed by atoms with van der Waals surface area (Å²) in [4.78, 5) is 0. The first-order valence-corrected chi connectivity index (χ1v) is 10.6. The molecular weight excluding hydrogens is 283 g/mol. The summed E-state index contributed by atoms with van der Waals surface area (Å²) >= 11 is 0. The van der Waals surface area contributed by atoms with Gasteiger partial charge in [-0.25, -0.2) is 0 Å². The van der Waals surface area contributed by atoms with Crippen LogP contribution in [-0.4, -0.2) is 11.8 Å². The maximum absolute atomic E-state index is 4.17. The SMILES string of the molecule is C=C(C)CC1=CCCC=C1P1CC(C)(C)C(C)(C)[C@H]2CCC21. The second-order valence-electron chi connectivity index (χ2n) is 9.01. The highest BCUT2D eigenvalue weighted by Gasteiger charge is 2.57. The van der Waals surface area contributed by atoms with Gasteiger partial charge in [0.05, 0.1) is 0 Å². The normalized spacial score (nSPS) is 35.8. The van der Waals surface area contributed by atoms with Gasteiger partial charge in [-0.3, -0.25) is 0 Å². The zero-order valence-corrected chi connectivity index (χ0v) is 16.1. The number of hydrogen-bond acceptors (Lipinski definition) is 0. The Balaban J connectivity index is 1.90. The van der Waals surface area contributed by atoms with Crippen LogP contribution in [0, 0.1) is 16.7 Å². The van der Waals surface area contributed by atoms with Gasteiger partial charge in [-0.1, -0.05) is 59.9 Å². The van der Waals surface area contributed by atoms with Crippen LogP contribution in [0.25, 0.3) is 0 Å². The van der Waals surface area contributed by atoms with Crippen LogP contribution in [0.5, 0.6) is 0 Å². The first-order chi connectivity index (χ1) is 10.2. The smallest absolute Gasteiger partial charge is 0.00695 e. The Kier molecular flexibility index (Phi) is 4.22. The minimum atomic E-state index is 0.0317. The van der Waals surface area contributed by atoms with E-state index < -0.39 is 0 Å². The van der Waals surface area contributed by atoms with E-state index in [4.69, 9.17) is 0 Å². The zero-order chi connectivity index (χ0) is 16.1. The first-order valence-electron chi connectivity index (χ1n) is 9.04. The molecule has 0 N–H and O–H groups in total. The van der Waals surface area contributed by atoms with E-state index in [1.54, 1.807) is 10.9 Å². The Morgan fingerprint density at radius 2 is 1.86 bits per heavy atom. The van der Waals surface area contributed by atoms with Gasteiger partial charge in [-0.15, -0.1) is 0 Å². The summed E-state index contributed by atoms with van der Waals surface area (Å²) in [5.74, 6) is 0.955. The van der Waals surface area contributed by atoms with Crippen molar-refractivity contribution in [3.8, 4) is 0 Å². The minimum absolute atomic E-state index is 0.0317. The highest BCUT2D eigenvalue weighted by Crippen LogP contribution is 2.73. The van der Waals surface area contributed by atoms with E-state index in [1.807, 2.05) is 0 Å². The molecule has 0 nitrogen and oxygen atoms in total. The highest BCUT2D eigenvalue weighted by molar-refractivity contribution is 7.63. The van der Waals surface area contributed by atoms with Crippen LogP contribution < -0.4 is 0 Å². The molecule has 0 aromatic heterocycles. The lowest BCUT2D eigenvalue weighted by Gasteiger charge is -2.63. The van der Waals surface area contributed by atoms with Gasteiger partial charge in [0.15, 0.2) is 0 Å². The molecule has 2 unspecified atom stereocenters. The van der Waals surface area contributed by atoms with Crippen LogP contribution in [0.3, 0.4) is 0 Å². The second kappa shape index (κ2) is 5.62. The number of hydrogen-bond donors (Lipinski definition) is 0. The van der Waals surface area contributed by atoms with Crippen molar-refractivity contribution in [1.29, 1.82) is 0 Å². The van der Waals surface area contributed by atoms with E-state index in [0.717, 1.165) is 18.0 Å². The summed E-state index contributed by atoms with van der Waals surface area (Å²) in [6.07, 6.45) is 13.1. The van der Waals surface area contributed by atoms with Gasteiger partial charge in [0.1, 0.15) is 0 Å². The van der Waals surface area contributed by atoms with Crippen LogP contribution >= 0.6 is 7.92 Å². The summed E-state index contributed by atoms with van der Waals surface area (Å²) in [5, 5.41) is 1.77. The van der Waals surface area contributed by atoms with E-state index >= 15 is 0 Å². The maximum atomic E-state index is 4.17. The predicted molar refractivity (Wildman–Crippen MR) is 101 cm³/mol. The van der Waals surface area contributed by atoms with E-state index in [9.17, 15) is 0 Å². The third kappa shape index (κ3) is 2.56. The number of allylic oxidation sites excluding steroid dienone is 5. The molecule has 3 atom stereocenters. The van der Waals surface area contributed by atoms with Crippen molar-refractivity contribution < 1.29 is 0 Å². The van der Waals surface area contributed by atoms with Gasteiger partial charge in [-0.2, -0.15) is 0 Å². The van der Waals surface area contributed by atoms with E-state index in [2.05, 4.69) is 53.3 Å². The van der Waals surface area contributed by atoms with Crippen LogP contribution in [0.2, 0.25) is 0 Å². The van der Waals surface area contributed by atoms with Crippen molar-refractivity contribution in [1.82, 2.24) is 0 Å². The third-order valence-electron chi connectivity index (χ3n) is 6.90. The second-order valence-corrected chi connectivity index (χ2v) is 11.4. The van der Waals surface area contributed by atoms with Crippen LogP contribution in [0.1, 0.15) is 66.7 Å². The molecular formula is C21H33P. The van der Waals surface area contributed by atoms with Gasteiger partial charge >= 0.3 is 0 Å². The molecule has 2 fully saturated rings. The van der Waals surface area contributed by atoms with Gasteiger partial charge in [0.25, 0.3) is 0 Å². The van der Waals surface area contributed by atoms with Crippen molar-refractivity contribution in [2.75, 3.05) is 6.16 Å². The average Bonchev–Trinajstić information content (AvgIpc) is 2.34. The Bertz CT molecular complexity index is 532. The fraction of sp³-hybridized carbons (Fsp3) is 0.714. The minimum Gasteiger partial charge on any atom is -0.0998 e. The first kappa shape index (κ1) is 16.5. The number of rotatable bonds is 3. The Morgan fingerprint density at radius 1 is 1.18 bits per heavy atom. The molecule has 122 valence electrons. The molecule has 1 saturated carbocycles. The van der Waals surface area contributed by atoms with Crippen molar-refractivity contribution in [3.05, 3.63) is 35.2 Å².